The highest BCUT2D eigenvalue weighted by Gasteiger charge is 2.51. The van der Waals surface area contributed by atoms with Crippen LogP contribution in [0.1, 0.15) is 39.9 Å². The fourth-order valence-electron chi connectivity index (χ4n) is 5.01. The van der Waals surface area contributed by atoms with Gasteiger partial charge in [0.2, 0.25) is 11.6 Å². The SMILES string of the molecule is O=C1CCC(O)(N2Cc3c(NCc4c(O)c(CN5CCOCC5)c(O)c(O)c4F)cccc3C2=O)C(=O)N1. The molecule has 38 heavy (non-hydrogen) atoms. The summed E-state index contributed by atoms with van der Waals surface area (Å²) in [6.45, 7) is 1.58. The van der Waals surface area contributed by atoms with Gasteiger partial charge in [-0.15, -0.1) is 0 Å². The smallest absolute Gasteiger partial charge is 0.279 e. The molecule has 6 N–H and O–H groups in total. The Morgan fingerprint density at radius 2 is 1.79 bits per heavy atom. The lowest BCUT2D eigenvalue weighted by atomic mass is 10.00. The van der Waals surface area contributed by atoms with E-state index in [-0.39, 0.29) is 49.2 Å². The molecule has 2 aromatic rings. The lowest BCUT2D eigenvalue weighted by molar-refractivity contribution is -0.167. The van der Waals surface area contributed by atoms with Gasteiger partial charge in [-0.05, 0) is 12.1 Å². The maximum atomic E-state index is 14.9. The number of piperidine rings is 1. The van der Waals surface area contributed by atoms with Crippen molar-refractivity contribution in [2.45, 2.75) is 38.2 Å². The van der Waals surface area contributed by atoms with Crippen LogP contribution in [0.15, 0.2) is 18.2 Å². The molecule has 2 saturated heterocycles. The number of phenols is 3. The number of amides is 3. The van der Waals surface area contributed by atoms with Crippen LogP contribution in [0.4, 0.5) is 10.1 Å². The molecule has 0 aromatic heterocycles. The summed E-state index contributed by atoms with van der Waals surface area (Å²) in [5, 5.41) is 47.3. The Bertz CT molecular complexity index is 1330. The molecule has 12 nitrogen and oxygen atoms in total. The first kappa shape index (κ1) is 25.7. The minimum absolute atomic E-state index is 0.0256. The van der Waals surface area contributed by atoms with Crippen LogP contribution >= 0.6 is 0 Å². The number of nitrogens with zero attached hydrogens (tertiary/aromatic N) is 2. The summed E-state index contributed by atoms with van der Waals surface area (Å²) in [6.07, 6.45) is -0.388. The van der Waals surface area contributed by atoms with Crippen molar-refractivity contribution in [3.63, 3.8) is 0 Å². The van der Waals surface area contributed by atoms with Gasteiger partial charge in [-0.25, -0.2) is 4.39 Å². The summed E-state index contributed by atoms with van der Waals surface area (Å²) in [5.41, 5.74) is -1.52. The van der Waals surface area contributed by atoms with E-state index in [0.29, 0.717) is 37.6 Å². The number of aliphatic hydroxyl groups is 1. The summed E-state index contributed by atoms with van der Waals surface area (Å²) in [4.78, 5) is 39.9. The highest BCUT2D eigenvalue weighted by atomic mass is 19.1. The van der Waals surface area contributed by atoms with Crippen molar-refractivity contribution in [2.75, 3.05) is 31.6 Å². The van der Waals surface area contributed by atoms with Crippen molar-refractivity contribution in [1.82, 2.24) is 15.1 Å². The van der Waals surface area contributed by atoms with E-state index in [9.17, 15) is 39.2 Å². The van der Waals surface area contributed by atoms with E-state index in [2.05, 4.69) is 10.6 Å². The normalized spacial score (nSPS) is 21.9. The van der Waals surface area contributed by atoms with E-state index < -0.39 is 46.5 Å². The fourth-order valence-corrected chi connectivity index (χ4v) is 5.01. The van der Waals surface area contributed by atoms with Crippen molar-refractivity contribution in [2.24, 2.45) is 0 Å². The number of benzene rings is 2. The van der Waals surface area contributed by atoms with Gasteiger partial charge in [0.05, 0.1) is 30.9 Å². The second-order valence-electron chi connectivity index (χ2n) is 9.48. The summed E-state index contributed by atoms with van der Waals surface area (Å²) >= 11 is 0. The molecule has 2 aromatic carbocycles. The van der Waals surface area contributed by atoms with Crippen LogP contribution < -0.4 is 10.6 Å². The summed E-state index contributed by atoms with van der Waals surface area (Å²) in [7, 11) is 0. The van der Waals surface area contributed by atoms with Crippen molar-refractivity contribution >= 4 is 23.4 Å². The Morgan fingerprint density at radius 1 is 1.05 bits per heavy atom. The number of hydrogen-bond acceptors (Lipinski definition) is 10. The van der Waals surface area contributed by atoms with Crippen LogP contribution in [0.25, 0.3) is 0 Å². The van der Waals surface area contributed by atoms with Crippen molar-refractivity contribution < 1.29 is 43.9 Å². The number of hydrogen-bond donors (Lipinski definition) is 6. The van der Waals surface area contributed by atoms with Crippen LogP contribution in [0.5, 0.6) is 17.2 Å². The predicted molar refractivity (Wildman–Crippen MR) is 128 cm³/mol. The van der Waals surface area contributed by atoms with Crippen molar-refractivity contribution in [1.29, 1.82) is 0 Å². The molecule has 13 heteroatoms. The lowest BCUT2D eigenvalue weighted by Crippen LogP contribution is -2.63. The van der Waals surface area contributed by atoms with Gasteiger partial charge in [0, 0.05) is 55.8 Å². The third-order valence-electron chi connectivity index (χ3n) is 7.23. The van der Waals surface area contributed by atoms with Gasteiger partial charge in [0.25, 0.3) is 11.8 Å². The minimum atomic E-state index is -2.21. The number of halogens is 1. The van der Waals surface area contributed by atoms with Gasteiger partial charge in [-0.2, -0.15) is 0 Å². The molecule has 0 saturated carbocycles. The average Bonchev–Trinajstić information content (AvgIpc) is 3.26. The first-order valence-electron chi connectivity index (χ1n) is 12.1. The molecular formula is C25H27FN4O8. The fraction of sp³-hybridized carbons (Fsp3) is 0.400. The molecule has 3 amide bonds. The Kier molecular flexibility index (Phi) is 6.59. The number of nitrogens with one attached hydrogen (secondary N) is 2. The van der Waals surface area contributed by atoms with E-state index in [1.165, 1.54) is 6.07 Å². The quantitative estimate of drug-likeness (QED) is 0.175. The van der Waals surface area contributed by atoms with Gasteiger partial charge in [0.15, 0.2) is 17.3 Å². The van der Waals surface area contributed by atoms with Gasteiger partial charge in [0.1, 0.15) is 5.75 Å². The molecular weight excluding hydrogens is 503 g/mol. The number of phenolic OH excluding ortho intramolecular Hbond substituents is 3. The first-order chi connectivity index (χ1) is 18.1. The Balaban J connectivity index is 1.40. The van der Waals surface area contributed by atoms with E-state index in [1.807, 2.05) is 4.90 Å². The van der Waals surface area contributed by atoms with E-state index in [0.717, 1.165) is 4.90 Å². The lowest BCUT2D eigenvalue weighted by Gasteiger charge is -2.37. The first-order valence-corrected chi connectivity index (χ1v) is 12.1. The number of fused-ring (bicyclic) bond motifs is 1. The summed E-state index contributed by atoms with van der Waals surface area (Å²) < 4.78 is 20.2. The maximum absolute atomic E-state index is 14.9. The van der Waals surface area contributed by atoms with E-state index in [1.54, 1.807) is 12.1 Å². The third-order valence-corrected chi connectivity index (χ3v) is 7.23. The second-order valence-corrected chi connectivity index (χ2v) is 9.48. The average molecular weight is 531 g/mol. The molecule has 3 aliphatic heterocycles. The minimum Gasteiger partial charge on any atom is -0.507 e. The highest BCUT2D eigenvalue weighted by molar-refractivity contribution is 6.07. The molecule has 1 unspecified atom stereocenters. The van der Waals surface area contributed by atoms with Crippen LogP contribution in [0.2, 0.25) is 0 Å². The number of ether oxygens (including phenoxy) is 1. The Labute approximate surface area is 216 Å². The van der Waals surface area contributed by atoms with E-state index >= 15 is 0 Å². The highest BCUT2D eigenvalue weighted by Crippen LogP contribution is 2.43. The largest absolute Gasteiger partial charge is 0.507 e. The van der Waals surface area contributed by atoms with Crippen LogP contribution in [0, 0.1) is 5.82 Å². The molecule has 2 fully saturated rings. The molecule has 0 aliphatic carbocycles. The molecule has 0 spiro atoms. The van der Waals surface area contributed by atoms with Gasteiger partial charge in [-0.3, -0.25) is 29.5 Å². The summed E-state index contributed by atoms with van der Waals surface area (Å²) in [5.74, 6) is -5.57. The van der Waals surface area contributed by atoms with Gasteiger partial charge < -0.3 is 30.5 Å². The molecule has 0 bridgehead atoms. The van der Waals surface area contributed by atoms with E-state index in [4.69, 9.17) is 4.74 Å². The molecule has 0 radical (unpaired) electrons. The number of carbonyl (C=O) groups is 3. The van der Waals surface area contributed by atoms with Gasteiger partial charge >= 0.3 is 0 Å². The summed E-state index contributed by atoms with van der Waals surface area (Å²) in [6, 6.07) is 4.68. The van der Waals surface area contributed by atoms with Crippen LogP contribution in [0.3, 0.4) is 0 Å². The number of imide groups is 1. The molecule has 3 aliphatic rings. The Hall–Kier alpha value is -3.94. The topological polar surface area (TPSA) is 172 Å². The van der Waals surface area contributed by atoms with Gasteiger partial charge in [-0.1, -0.05) is 6.07 Å². The number of carbonyl (C=O) groups excluding carboxylic acids is 3. The standard InChI is InChI=1S/C25H27FN4O8/c26-19-14(20(32)16(21(33)22(19)34)11-29-6-8-38-9-7-29)10-27-17-3-1-2-13-15(17)12-30(23(13)35)25(37)5-4-18(31)28-24(25)36/h1-3,27,32-34,37H,4-12H2,(H,28,31,36). The molecule has 202 valence electrons. The number of aromatic hydroxyl groups is 3. The predicted octanol–water partition coefficient (Wildman–Crippen LogP) is 0.468. The van der Waals surface area contributed by atoms with Crippen LogP contribution in [-0.4, -0.2) is 80.0 Å². The third kappa shape index (κ3) is 4.27. The number of morpholine rings is 1. The molecule has 1 atom stereocenters. The molecule has 5 rings (SSSR count). The zero-order valence-corrected chi connectivity index (χ0v) is 20.3. The Morgan fingerprint density at radius 3 is 2.50 bits per heavy atom. The number of rotatable bonds is 6. The second kappa shape index (κ2) is 9.74. The zero-order valence-electron chi connectivity index (χ0n) is 20.3. The van der Waals surface area contributed by atoms with Crippen molar-refractivity contribution in [3.05, 3.63) is 46.3 Å². The zero-order chi connectivity index (χ0) is 27.2. The number of anilines is 1. The molecule has 3 heterocycles. The van der Waals surface area contributed by atoms with Crippen molar-refractivity contribution in [3.8, 4) is 17.2 Å². The van der Waals surface area contributed by atoms with Crippen LogP contribution in [-0.2, 0) is 34.0 Å². The monoisotopic (exact) mass is 530 g/mol. The maximum Gasteiger partial charge on any atom is 0.279 e.